The van der Waals surface area contributed by atoms with Crippen LogP contribution in [0.1, 0.15) is 55.7 Å². The molecule has 1 unspecified atom stereocenters. The number of carboxylic acid groups (broad SMARTS) is 1. The van der Waals surface area contributed by atoms with Crippen LogP contribution in [0, 0.1) is 0 Å². The summed E-state index contributed by atoms with van der Waals surface area (Å²) in [6.07, 6.45) is 6.88. The molecule has 0 saturated heterocycles. The summed E-state index contributed by atoms with van der Waals surface area (Å²) in [5.74, 6) is -0.129. The summed E-state index contributed by atoms with van der Waals surface area (Å²) in [5, 5.41) is 9.49. The maximum Gasteiger partial charge on any atom is 0.333 e. The van der Waals surface area contributed by atoms with Crippen LogP contribution in [0.15, 0.2) is 78.9 Å². The summed E-state index contributed by atoms with van der Waals surface area (Å²) >= 11 is 0. The van der Waals surface area contributed by atoms with Crippen molar-refractivity contribution >= 4 is 11.5 Å². The molecule has 0 aliphatic heterocycles. The number of rotatable bonds is 13. The zero-order chi connectivity index (χ0) is 24.5. The molecule has 3 aromatic rings. The molecule has 0 saturated carbocycles. The predicted octanol–water partition coefficient (Wildman–Crippen LogP) is 7.16. The fourth-order valence-corrected chi connectivity index (χ4v) is 4.56. The summed E-state index contributed by atoms with van der Waals surface area (Å²) in [6, 6.07) is 24.7. The lowest BCUT2D eigenvalue weighted by molar-refractivity contribution is -0.150. The second kappa shape index (κ2) is 12.4. The van der Waals surface area contributed by atoms with E-state index in [4.69, 9.17) is 9.47 Å². The molecular weight excluding hydrogens is 436 g/mol. The first-order valence-electron chi connectivity index (χ1n) is 12.6. The molecule has 0 aromatic heterocycles. The van der Waals surface area contributed by atoms with E-state index < -0.39 is 12.1 Å². The van der Waals surface area contributed by atoms with Crippen LogP contribution in [-0.4, -0.2) is 30.4 Å². The number of unbranched alkanes of at least 4 members (excludes halogenated alkanes) is 3. The van der Waals surface area contributed by atoms with Crippen LogP contribution in [0.2, 0.25) is 0 Å². The molecule has 0 bridgehead atoms. The molecule has 35 heavy (non-hydrogen) atoms. The maximum atomic E-state index is 11.6. The molecule has 0 spiro atoms. The number of hydrogen-bond acceptors (Lipinski definition) is 3. The SMILES string of the molecule is CCCCCCOC(Cc1ccc(OCCC=C2c3ccccc3-c3ccccc32)cc1)C(=O)O. The van der Waals surface area contributed by atoms with E-state index in [1.807, 2.05) is 24.3 Å². The Balaban J connectivity index is 1.29. The largest absolute Gasteiger partial charge is 0.493 e. The van der Waals surface area contributed by atoms with Gasteiger partial charge in [0.25, 0.3) is 0 Å². The number of carbonyl (C=O) groups is 1. The van der Waals surface area contributed by atoms with E-state index in [1.165, 1.54) is 27.8 Å². The van der Waals surface area contributed by atoms with Crippen molar-refractivity contribution in [1.82, 2.24) is 0 Å². The standard InChI is InChI=1S/C31H34O4/c1-2-3-4-9-20-35-30(31(32)33)22-23-16-18-24(19-17-23)34-21-10-15-29-27-13-7-5-11-25(27)26-12-6-8-14-28(26)29/h5-8,11-19,30H,2-4,9-10,20-22H2,1H3,(H,32,33). The van der Waals surface area contributed by atoms with Gasteiger partial charge >= 0.3 is 5.97 Å². The van der Waals surface area contributed by atoms with E-state index in [0.717, 1.165) is 43.4 Å². The molecule has 0 heterocycles. The quantitative estimate of drug-likeness (QED) is 0.211. The van der Waals surface area contributed by atoms with E-state index in [1.54, 1.807) is 0 Å². The highest BCUT2D eigenvalue weighted by molar-refractivity contribution is 6.01. The number of carboxylic acids is 1. The van der Waals surface area contributed by atoms with E-state index in [0.29, 0.717) is 19.6 Å². The lowest BCUT2D eigenvalue weighted by Gasteiger charge is -2.14. The van der Waals surface area contributed by atoms with Crippen LogP contribution >= 0.6 is 0 Å². The Morgan fingerprint density at radius 2 is 1.46 bits per heavy atom. The molecule has 1 N–H and O–H groups in total. The first kappa shape index (κ1) is 24.7. The van der Waals surface area contributed by atoms with Gasteiger partial charge < -0.3 is 14.6 Å². The predicted molar refractivity (Wildman–Crippen MR) is 141 cm³/mol. The summed E-state index contributed by atoms with van der Waals surface area (Å²) in [6.45, 7) is 3.22. The van der Waals surface area contributed by atoms with Crippen molar-refractivity contribution < 1.29 is 19.4 Å². The van der Waals surface area contributed by atoms with Crippen molar-refractivity contribution in [3.8, 4) is 16.9 Å². The van der Waals surface area contributed by atoms with Gasteiger partial charge in [-0.1, -0.05) is 92.9 Å². The molecule has 4 heteroatoms. The van der Waals surface area contributed by atoms with Gasteiger partial charge in [-0.25, -0.2) is 4.79 Å². The topological polar surface area (TPSA) is 55.8 Å². The number of hydrogen-bond donors (Lipinski definition) is 1. The Labute approximate surface area is 208 Å². The minimum atomic E-state index is -0.913. The number of ether oxygens (including phenoxy) is 2. The van der Waals surface area contributed by atoms with E-state index in [2.05, 4.69) is 61.5 Å². The van der Waals surface area contributed by atoms with Crippen LogP contribution in [0.5, 0.6) is 5.75 Å². The minimum absolute atomic E-state index is 0.355. The number of benzene rings is 3. The normalized spacial score (nSPS) is 12.7. The van der Waals surface area contributed by atoms with Crippen LogP contribution in [0.3, 0.4) is 0 Å². The fourth-order valence-electron chi connectivity index (χ4n) is 4.56. The maximum absolute atomic E-state index is 11.6. The molecule has 1 aliphatic carbocycles. The highest BCUT2D eigenvalue weighted by atomic mass is 16.5. The molecule has 1 aliphatic rings. The zero-order valence-corrected chi connectivity index (χ0v) is 20.4. The summed E-state index contributed by atoms with van der Waals surface area (Å²) in [4.78, 5) is 11.6. The average molecular weight is 471 g/mol. The first-order chi connectivity index (χ1) is 17.2. The van der Waals surface area contributed by atoms with Gasteiger partial charge in [0.1, 0.15) is 5.75 Å². The Morgan fingerprint density at radius 1 is 0.829 bits per heavy atom. The van der Waals surface area contributed by atoms with Gasteiger partial charge in [-0.3, -0.25) is 0 Å². The summed E-state index contributed by atoms with van der Waals surface area (Å²) < 4.78 is 11.6. The fraction of sp³-hybridized carbons (Fsp3) is 0.323. The Bertz CT molecular complexity index is 1100. The van der Waals surface area contributed by atoms with Gasteiger partial charge in [0, 0.05) is 19.4 Å². The van der Waals surface area contributed by atoms with Gasteiger partial charge in [0.05, 0.1) is 6.61 Å². The number of fused-ring (bicyclic) bond motifs is 3. The second-order valence-corrected chi connectivity index (χ2v) is 8.95. The van der Waals surface area contributed by atoms with Gasteiger partial charge in [-0.15, -0.1) is 0 Å². The Morgan fingerprint density at radius 3 is 2.06 bits per heavy atom. The van der Waals surface area contributed by atoms with E-state index in [9.17, 15) is 9.90 Å². The van der Waals surface area contributed by atoms with Gasteiger partial charge in [-0.05, 0) is 51.9 Å². The Hall–Kier alpha value is -3.37. The number of aliphatic carboxylic acids is 1. The van der Waals surface area contributed by atoms with Gasteiger partial charge in [0.2, 0.25) is 0 Å². The zero-order valence-electron chi connectivity index (χ0n) is 20.4. The van der Waals surface area contributed by atoms with Crippen LogP contribution < -0.4 is 4.74 Å². The van der Waals surface area contributed by atoms with Crippen molar-refractivity contribution in [1.29, 1.82) is 0 Å². The average Bonchev–Trinajstić information content (AvgIpc) is 3.20. The molecule has 4 nitrogen and oxygen atoms in total. The smallest absolute Gasteiger partial charge is 0.333 e. The minimum Gasteiger partial charge on any atom is -0.493 e. The van der Waals surface area contributed by atoms with Crippen LogP contribution in [0.4, 0.5) is 0 Å². The van der Waals surface area contributed by atoms with Crippen LogP contribution in [0.25, 0.3) is 16.7 Å². The lowest BCUT2D eigenvalue weighted by atomic mass is 10.0. The highest BCUT2D eigenvalue weighted by Crippen LogP contribution is 2.43. The molecule has 0 radical (unpaired) electrons. The lowest BCUT2D eigenvalue weighted by Crippen LogP contribution is -2.26. The van der Waals surface area contributed by atoms with Gasteiger partial charge in [-0.2, -0.15) is 0 Å². The summed E-state index contributed by atoms with van der Waals surface area (Å²) in [7, 11) is 0. The molecule has 0 fully saturated rings. The third kappa shape index (κ3) is 6.40. The molecular formula is C31H34O4. The monoisotopic (exact) mass is 470 g/mol. The third-order valence-electron chi connectivity index (χ3n) is 6.40. The van der Waals surface area contributed by atoms with Crippen molar-refractivity contribution in [2.24, 2.45) is 0 Å². The van der Waals surface area contributed by atoms with Crippen molar-refractivity contribution in [2.45, 2.75) is 51.6 Å². The summed E-state index contributed by atoms with van der Waals surface area (Å²) in [5.41, 5.74) is 7.33. The van der Waals surface area contributed by atoms with Crippen molar-refractivity contribution in [2.75, 3.05) is 13.2 Å². The first-order valence-corrected chi connectivity index (χ1v) is 12.6. The van der Waals surface area contributed by atoms with Gasteiger partial charge in [0.15, 0.2) is 6.10 Å². The molecule has 0 amide bonds. The third-order valence-corrected chi connectivity index (χ3v) is 6.40. The van der Waals surface area contributed by atoms with Crippen molar-refractivity contribution in [3.05, 3.63) is 95.6 Å². The van der Waals surface area contributed by atoms with E-state index >= 15 is 0 Å². The highest BCUT2D eigenvalue weighted by Gasteiger charge is 2.22. The molecule has 182 valence electrons. The van der Waals surface area contributed by atoms with E-state index in [-0.39, 0.29) is 0 Å². The van der Waals surface area contributed by atoms with Crippen LogP contribution in [-0.2, 0) is 16.0 Å². The second-order valence-electron chi connectivity index (χ2n) is 8.95. The molecule has 1 atom stereocenters. The van der Waals surface area contributed by atoms with Crippen molar-refractivity contribution in [3.63, 3.8) is 0 Å². The Kier molecular flexibility index (Phi) is 8.74. The molecule has 4 rings (SSSR count). The molecule has 3 aromatic carbocycles.